The van der Waals surface area contributed by atoms with E-state index in [1.807, 2.05) is 0 Å². The van der Waals surface area contributed by atoms with E-state index in [1.54, 1.807) is 30.3 Å². The summed E-state index contributed by atoms with van der Waals surface area (Å²) in [5, 5.41) is 11.9. The van der Waals surface area contributed by atoms with E-state index in [2.05, 4.69) is 5.32 Å². The van der Waals surface area contributed by atoms with Gasteiger partial charge in [0, 0.05) is 16.8 Å². The fourth-order valence-corrected chi connectivity index (χ4v) is 2.53. The predicted octanol–water partition coefficient (Wildman–Crippen LogP) is 3.80. The van der Waals surface area contributed by atoms with Crippen LogP contribution in [0.3, 0.4) is 0 Å². The summed E-state index contributed by atoms with van der Waals surface area (Å²) in [6.45, 7) is 0. The number of fused-ring (bicyclic) bond motifs is 1. The van der Waals surface area contributed by atoms with Crippen LogP contribution in [0.4, 0.5) is 5.69 Å². The van der Waals surface area contributed by atoms with Crippen molar-refractivity contribution in [2.24, 2.45) is 0 Å². The molecule has 2 aromatic carbocycles. The Morgan fingerprint density at radius 1 is 1.15 bits per heavy atom. The van der Waals surface area contributed by atoms with Crippen molar-refractivity contribution in [2.45, 2.75) is 0 Å². The van der Waals surface area contributed by atoms with Gasteiger partial charge in [0.15, 0.2) is 0 Å². The van der Waals surface area contributed by atoms with E-state index >= 15 is 0 Å². The summed E-state index contributed by atoms with van der Waals surface area (Å²) in [4.78, 5) is 35.6. The molecular weight excluding hydrogens is 358 g/mol. The van der Waals surface area contributed by atoms with E-state index in [9.17, 15) is 14.4 Å². The number of hydrogen-bond acceptors (Lipinski definition) is 4. The zero-order valence-electron chi connectivity index (χ0n) is 13.2. The maximum Gasteiger partial charge on any atom is 0.328 e. The Balaban J connectivity index is 1.98. The van der Waals surface area contributed by atoms with Crippen LogP contribution in [0.15, 0.2) is 64.0 Å². The summed E-state index contributed by atoms with van der Waals surface area (Å²) in [6, 6.07) is 11.1. The molecule has 0 radical (unpaired) electrons. The number of halogens is 1. The average Bonchev–Trinajstić information content (AvgIpc) is 2.60. The molecule has 0 aliphatic rings. The third-order valence-corrected chi connectivity index (χ3v) is 3.78. The zero-order chi connectivity index (χ0) is 18.7. The van der Waals surface area contributed by atoms with E-state index < -0.39 is 17.3 Å². The van der Waals surface area contributed by atoms with Crippen molar-refractivity contribution in [2.75, 3.05) is 5.32 Å². The lowest BCUT2D eigenvalue weighted by Crippen LogP contribution is -2.21. The molecule has 3 rings (SSSR count). The molecule has 0 fully saturated rings. The van der Waals surface area contributed by atoms with Gasteiger partial charge in [-0.3, -0.25) is 9.59 Å². The summed E-state index contributed by atoms with van der Waals surface area (Å²) in [7, 11) is 0. The third kappa shape index (κ3) is 3.81. The normalized spacial score (nSPS) is 11.0. The monoisotopic (exact) mass is 369 g/mol. The van der Waals surface area contributed by atoms with E-state index in [1.165, 1.54) is 18.2 Å². The van der Waals surface area contributed by atoms with E-state index in [4.69, 9.17) is 21.1 Å². The van der Waals surface area contributed by atoms with Crippen LogP contribution in [0.2, 0.25) is 5.02 Å². The highest BCUT2D eigenvalue weighted by Gasteiger charge is 2.15. The highest BCUT2D eigenvalue weighted by atomic mass is 35.5. The second-order valence-electron chi connectivity index (χ2n) is 5.37. The molecule has 0 bridgehead atoms. The van der Waals surface area contributed by atoms with Gasteiger partial charge in [-0.2, -0.15) is 0 Å². The van der Waals surface area contributed by atoms with Gasteiger partial charge in [-0.1, -0.05) is 23.7 Å². The summed E-state index contributed by atoms with van der Waals surface area (Å²) in [5.74, 6) is -1.74. The van der Waals surface area contributed by atoms with Crippen LogP contribution in [0.5, 0.6) is 0 Å². The minimum Gasteiger partial charge on any atom is -0.478 e. The molecule has 7 heteroatoms. The highest BCUT2D eigenvalue weighted by Crippen LogP contribution is 2.18. The van der Waals surface area contributed by atoms with Gasteiger partial charge in [0.05, 0.1) is 5.39 Å². The lowest BCUT2D eigenvalue weighted by atomic mass is 10.1. The molecular formula is C19H12ClNO5. The molecule has 1 amide bonds. The second-order valence-corrected chi connectivity index (χ2v) is 5.81. The van der Waals surface area contributed by atoms with Crippen LogP contribution in [0.25, 0.3) is 17.0 Å². The molecule has 6 nitrogen and oxygen atoms in total. The van der Waals surface area contributed by atoms with E-state index in [0.717, 1.165) is 12.3 Å². The van der Waals surface area contributed by atoms with Crippen LogP contribution in [0, 0.1) is 0 Å². The summed E-state index contributed by atoms with van der Waals surface area (Å²) >= 11 is 5.87. The molecule has 2 N–H and O–H groups in total. The van der Waals surface area contributed by atoms with Gasteiger partial charge < -0.3 is 14.8 Å². The number of rotatable bonds is 4. The van der Waals surface area contributed by atoms with Crippen molar-refractivity contribution >= 4 is 46.2 Å². The van der Waals surface area contributed by atoms with Gasteiger partial charge in [-0.05, 0) is 42.0 Å². The number of carboxylic acid groups (broad SMARTS) is 1. The molecule has 0 saturated carbocycles. The Labute approximate surface area is 152 Å². The quantitative estimate of drug-likeness (QED) is 0.682. The lowest BCUT2D eigenvalue weighted by Gasteiger charge is -2.06. The molecule has 1 heterocycles. The zero-order valence-corrected chi connectivity index (χ0v) is 14.0. The number of carbonyl (C=O) groups excluding carboxylic acids is 1. The first-order valence-corrected chi connectivity index (χ1v) is 7.85. The third-order valence-electron chi connectivity index (χ3n) is 3.54. The number of benzene rings is 2. The van der Waals surface area contributed by atoms with Crippen molar-refractivity contribution in [3.05, 3.63) is 81.2 Å². The van der Waals surface area contributed by atoms with Crippen LogP contribution in [0.1, 0.15) is 15.9 Å². The highest BCUT2D eigenvalue weighted by molar-refractivity contribution is 6.31. The van der Waals surface area contributed by atoms with E-state index in [-0.39, 0.29) is 10.9 Å². The number of hydrogen-bond donors (Lipinski definition) is 2. The Morgan fingerprint density at radius 2 is 1.96 bits per heavy atom. The SMILES string of the molecule is O=C(O)/C=C/c1ccc2occ(C(=O)Nc3cccc(Cl)c3)c(=O)c2c1. The molecule has 0 aliphatic carbocycles. The molecule has 3 aromatic rings. The van der Waals surface area contributed by atoms with Gasteiger partial charge >= 0.3 is 5.97 Å². The standard InChI is InChI=1S/C19H12ClNO5/c20-12-2-1-3-13(9-12)21-19(25)15-10-26-16-6-4-11(5-7-17(22)23)8-14(16)18(15)24/h1-10H,(H,21,25)(H,22,23)/b7-5+. The first-order chi connectivity index (χ1) is 12.4. The smallest absolute Gasteiger partial charge is 0.328 e. The fourth-order valence-electron chi connectivity index (χ4n) is 2.34. The van der Waals surface area contributed by atoms with Gasteiger partial charge in [-0.15, -0.1) is 0 Å². The van der Waals surface area contributed by atoms with Gasteiger partial charge in [-0.25, -0.2) is 4.79 Å². The maximum absolute atomic E-state index is 12.6. The molecule has 0 saturated heterocycles. The van der Waals surface area contributed by atoms with E-state index in [0.29, 0.717) is 21.9 Å². The Morgan fingerprint density at radius 3 is 2.69 bits per heavy atom. The second kappa shape index (κ2) is 7.25. The fraction of sp³-hybridized carbons (Fsp3) is 0. The lowest BCUT2D eigenvalue weighted by molar-refractivity contribution is -0.131. The molecule has 26 heavy (non-hydrogen) atoms. The Bertz CT molecular complexity index is 1100. The maximum atomic E-state index is 12.6. The summed E-state index contributed by atoms with van der Waals surface area (Å²) < 4.78 is 5.36. The van der Waals surface area contributed by atoms with Gasteiger partial charge in [0.25, 0.3) is 5.91 Å². The predicted molar refractivity (Wildman–Crippen MR) is 98.6 cm³/mol. The van der Waals surface area contributed by atoms with Crippen molar-refractivity contribution in [1.82, 2.24) is 0 Å². The number of anilines is 1. The molecule has 130 valence electrons. The number of carboxylic acids is 1. The van der Waals surface area contributed by atoms with Crippen molar-refractivity contribution in [3.8, 4) is 0 Å². The number of nitrogens with one attached hydrogen (secondary N) is 1. The molecule has 0 unspecified atom stereocenters. The Kier molecular flexibility index (Phi) is 4.86. The summed E-state index contributed by atoms with van der Waals surface area (Å²) in [6.07, 6.45) is 3.40. The minimum atomic E-state index is -1.10. The summed E-state index contributed by atoms with van der Waals surface area (Å²) in [5.41, 5.74) is 0.551. The number of amides is 1. The first kappa shape index (κ1) is 17.4. The van der Waals surface area contributed by atoms with Crippen molar-refractivity contribution in [1.29, 1.82) is 0 Å². The van der Waals surface area contributed by atoms with Gasteiger partial charge in [0.1, 0.15) is 17.4 Å². The first-order valence-electron chi connectivity index (χ1n) is 7.47. The average molecular weight is 370 g/mol. The Hall–Kier alpha value is -3.38. The van der Waals surface area contributed by atoms with Crippen molar-refractivity contribution in [3.63, 3.8) is 0 Å². The van der Waals surface area contributed by atoms with Crippen molar-refractivity contribution < 1.29 is 19.1 Å². The van der Waals surface area contributed by atoms with Crippen LogP contribution in [-0.4, -0.2) is 17.0 Å². The molecule has 0 aliphatic heterocycles. The minimum absolute atomic E-state index is 0.170. The topological polar surface area (TPSA) is 96.6 Å². The van der Waals surface area contributed by atoms with Gasteiger partial charge in [0.2, 0.25) is 5.43 Å². The molecule has 1 aromatic heterocycles. The number of carbonyl (C=O) groups is 2. The number of aliphatic carboxylic acids is 1. The van der Waals surface area contributed by atoms with Crippen LogP contribution >= 0.6 is 11.6 Å². The largest absolute Gasteiger partial charge is 0.478 e. The molecule has 0 spiro atoms. The molecule has 0 atom stereocenters. The van der Waals surface area contributed by atoms with Crippen LogP contribution < -0.4 is 10.7 Å². The van der Waals surface area contributed by atoms with Crippen LogP contribution in [-0.2, 0) is 4.79 Å².